The minimum atomic E-state index is -0.420. The molecule has 164 valence electrons. The molecule has 2 heterocycles. The summed E-state index contributed by atoms with van der Waals surface area (Å²) in [5.41, 5.74) is 3.60. The molecule has 0 atom stereocenters. The number of esters is 1. The summed E-state index contributed by atoms with van der Waals surface area (Å²) in [5.74, 6) is 0.274. The fraction of sp³-hybridized carbons (Fsp3) is 0.240. The normalized spacial score (nSPS) is 12.4. The van der Waals surface area contributed by atoms with Crippen molar-refractivity contribution in [1.82, 2.24) is 4.98 Å². The molecule has 1 aliphatic heterocycles. The first-order chi connectivity index (χ1) is 15.5. The van der Waals surface area contributed by atoms with Crippen LogP contribution in [0.1, 0.15) is 39.0 Å². The SMILES string of the molecule is CCOC(=O)c1sc(N(Cc2ccccc2)C(=O)/C=C/c2ccc3c(c2)CCO3)nc1C. The molecule has 1 amide bonds. The van der Waals surface area contributed by atoms with Crippen molar-refractivity contribution >= 4 is 34.4 Å². The molecule has 32 heavy (non-hydrogen) atoms. The van der Waals surface area contributed by atoms with Gasteiger partial charge in [-0.2, -0.15) is 0 Å². The lowest BCUT2D eigenvalue weighted by Gasteiger charge is -2.18. The van der Waals surface area contributed by atoms with Crippen LogP contribution in [0.15, 0.2) is 54.6 Å². The molecule has 7 heteroatoms. The molecule has 1 aromatic heterocycles. The first kappa shape index (κ1) is 21.8. The van der Waals surface area contributed by atoms with Gasteiger partial charge in [0.05, 0.1) is 25.5 Å². The van der Waals surface area contributed by atoms with Crippen LogP contribution < -0.4 is 9.64 Å². The van der Waals surface area contributed by atoms with Crippen molar-refractivity contribution in [2.24, 2.45) is 0 Å². The Kier molecular flexibility index (Phi) is 6.66. The Balaban J connectivity index is 1.61. The van der Waals surface area contributed by atoms with Crippen LogP contribution in [0.5, 0.6) is 5.75 Å². The third-order valence-electron chi connectivity index (χ3n) is 5.06. The summed E-state index contributed by atoms with van der Waals surface area (Å²) in [7, 11) is 0. The lowest BCUT2D eigenvalue weighted by molar-refractivity contribution is -0.114. The number of rotatable bonds is 7. The van der Waals surface area contributed by atoms with Crippen molar-refractivity contribution in [2.45, 2.75) is 26.8 Å². The molecule has 0 bridgehead atoms. The molecule has 0 unspecified atom stereocenters. The average molecular weight is 449 g/mol. The maximum Gasteiger partial charge on any atom is 0.350 e. The largest absolute Gasteiger partial charge is 0.493 e. The number of amides is 1. The molecular formula is C25H24N2O4S. The number of hydrogen-bond acceptors (Lipinski definition) is 6. The molecule has 0 saturated heterocycles. The highest BCUT2D eigenvalue weighted by atomic mass is 32.1. The van der Waals surface area contributed by atoms with E-state index in [0.29, 0.717) is 28.9 Å². The van der Waals surface area contributed by atoms with E-state index in [1.807, 2.05) is 48.5 Å². The van der Waals surface area contributed by atoms with E-state index in [1.54, 1.807) is 30.9 Å². The van der Waals surface area contributed by atoms with Crippen molar-refractivity contribution in [3.63, 3.8) is 0 Å². The fourth-order valence-corrected chi connectivity index (χ4v) is 4.42. The number of carbonyl (C=O) groups is 2. The van der Waals surface area contributed by atoms with Gasteiger partial charge in [0, 0.05) is 12.5 Å². The maximum atomic E-state index is 13.2. The molecule has 0 spiro atoms. The molecule has 4 rings (SSSR count). The van der Waals surface area contributed by atoms with Crippen LogP contribution in [0.2, 0.25) is 0 Å². The number of fused-ring (bicyclic) bond motifs is 1. The number of thiazole rings is 1. The number of hydrogen-bond donors (Lipinski definition) is 0. The van der Waals surface area contributed by atoms with Gasteiger partial charge in [-0.3, -0.25) is 9.69 Å². The van der Waals surface area contributed by atoms with E-state index in [0.717, 1.165) is 28.9 Å². The van der Waals surface area contributed by atoms with Crippen LogP contribution in [0.3, 0.4) is 0 Å². The van der Waals surface area contributed by atoms with Gasteiger partial charge < -0.3 is 9.47 Å². The molecule has 6 nitrogen and oxygen atoms in total. The van der Waals surface area contributed by atoms with Gasteiger partial charge in [0.25, 0.3) is 5.91 Å². The zero-order chi connectivity index (χ0) is 22.5. The van der Waals surface area contributed by atoms with E-state index in [-0.39, 0.29) is 12.5 Å². The minimum absolute atomic E-state index is 0.213. The lowest BCUT2D eigenvalue weighted by Crippen LogP contribution is -2.28. The zero-order valence-electron chi connectivity index (χ0n) is 18.0. The Morgan fingerprint density at radius 2 is 2.03 bits per heavy atom. The number of aryl methyl sites for hydroxylation is 1. The van der Waals surface area contributed by atoms with Gasteiger partial charge in [0.2, 0.25) is 0 Å². The van der Waals surface area contributed by atoms with E-state index < -0.39 is 5.97 Å². The molecule has 0 N–H and O–H groups in total. The molecule has 0 aliphatic carbocycles. The number of benzene rings is 2. The van der Waals surface area contributed by atoms with E-state index in [2.05, 4.69) is 4.98 Å². The Morgan fingerprint density at radius 3 is 2.81 bits per heavy atom. The van der Waals surface area contributed by atoms with E-state index in [4.69, 9.17) is 9.47 Å². The van der Waals surface area contributed by atoms with Crippen LogP contribution >= 0.6 is 11.3 Å². The quantitative estimate of drug-likeness (QED) is 0.383. The molecular weight excluding hydrogens is 424 g/mol. The summed E-state index contributed by atoms with van der Waals surface area (Å²) in [4.78, 5) is 32.0. The highest BCUT2D eigenvalue weighted by Crippen LogP contribution is 2.29. The summed E-state index contributed by atoms with van der Waals surface area (Å²) in [5, 5.41) is 0.464. The van der Waals surface area contributed by atoms with Gasteiger partial charge in [-0.25, -0.2) is 9.78 Å². The maximum absolute atomic E-state index is 13.2. The topological polar surface area (TPSA) is 68.7 Å². The van der Waals surface area contributed by atoms with Crippen molar-refractivity contribution in [3.8, 4) is 5.75 Å². The first-order valence-corrected chi connectivity index (χ1v) is 11.3. The molecule has 0 radical (unpaired) electrons. The molecule has 2 aromatic carbocycles. The Bertz CT molecular complexity index is 1150. The van der Waals surface area contributed by atoms with Gasteiger partial charge in [-0.15, -0.1) is 0 Å². The predicted molar refractivity (Wildman–Crippen MR) is 125 cm³/mol. The number of anilines is 1. The summed E-state index contributed by atoms with van der Waals surface area (Å²) >= 11 is 1.17. The Hall–Kier alpha value is -3.45. The van der Waals surface area contributed by atoms with Crippen molar-refractivity contribution in [2.75, 3.05) is 18.1 Å². The lowest BCUT2D eigenvalue weighted by atomic mass is 10.1. The summed E-state index contributed by atoms with van der Waals surface area (Å²) in [6, 6.07) is 15.6. The second kappa shape index (κ2) is 9.78. The average Bonchev–Trinajstić information content (AvgIpc) is 3.42. The molecule has 3 aromatic rings. The van der Waals surface area contributed by atoms with Crippen molar-refractivity contribution in [3.05, 3.63) is 81.9 Å². The second-order valence-corrected chi connectivity index (χ2v) is 8.32. The van der Waals surface area contributed by atoms with Crippen LogP contribution in [0.25, 0.3) is 6.08 Å². The summed E-state index contributed by atoms with van der Waals surface area (Å²) < 4.78 is 10.7. The number of carbonyl (C=O) groups excluding carboxylic acids is 2. The van der Waals surface area contributed by atoms with Gasteiger partial charge in [-0.05, 0) is 48.7 Å². The smallest absolute Gasteiger partial charge is 0.350 e. The molecule has 0 saturated carbocycles. The third-order valence-corrected chi connectivity index (χ3v) is 6.22. The second-order valence-electron chi connectivity index (χ2n) is 7.34. The highest BCUT2D eigenvalue weighted by Gasteiger charge is 2.23. The number of nitrogens with zero attached hydrogens (tertiary/aromatic N) is 2. The van der Waals surface area contributed by atoms with Gasteiger partial charge in [0.1, 0.15) is 10.6 Å². The monoisotopic (exact) mass is 448 g/mol. The van der Waals surface area contributed by atoms with E-state index in [1.165, 1.54) is 11.3 Å². The predicted octanol–water partition coefficient (Wildman–Crippen LogP) is 4.81. The van der Waals surface area contributed by atoms with Crippen LogP contribution in [0.4, 0.5) is 5.13 Å². The van der Waals surface area contributed by atoms with Crippen LogP contribution in [-0.2, 0) is 22.5 Å². The standard InChI is InChI=1S/C25H24N2O4S/c1-3-30-24(29)23-17(2)26-25(32-23)27(16-19-7-5-4-6-8-19)22(28)12-10-18-9-11-21-20(15-18)13-14-31-21/h4-12,15H,3,13-14,16H2,1-2H3/b12-10+. The van der Waals surface area contributed by atoms with Crippen molar-refractivity contribution < 1.29 is 19.1 Å². The molecule has 1 aliphatic rings. The van der Waals surface area contributed by atoms with Crippen LogP contribution in [-0.4, -0.2) is 30.1 Å². The zero-order valence-corrected chi connectivity index (χ0v) is 18.9. The van der Waals surface area contributed by atoms with Crippen molar-refractivity contribution in [1.29, 1.82) is 0 Å². The third kappa shape index (κ3) is 4.89. The number of aromatic nitrogens is 1. The summed E-state index contributed by atoms with van der Waals surface area (Å²) in [6.07, 6.45) is 4.22. The fourth-order valence-electron chi connectivity index (χ4n) is 3.46. The summed E-state index contributed by atoms with van der Waals surface area (Å²) in [6.45, 7) is 4.83. The highest BCUT2D eigenvalue weighted by molar-refractivity contribution is 7.17. The van der Waals surface area contributed by atoms with Gasteiger partial charge in [-0.1, -0.05) is 47.7 Å². The van der Waals surface area contributed by atoms with Gasteiger partial charge >= 0.3 is 5.97 Å². The number of ether oxygens (including phenoxy) is 2. The minimum Gasteiger partial charge on any atom is -0.493 e. The molecule has 0 fully saturated rings. The van der Waals surface area contributed by atoms with E-state index >= 15 is 0 Å². The Labute approximate surface area is 191 Å². The van der Waals surface area contributed by atoms with E-state index in [9.17, 15) is 9.59 Å². The first-order valence-electron chi connectivity index (χ1n) is 10.5. The van der Waals surface area contributed by atoms with Crippen LogP contribution in [0, 0.1) is 6.92 Å². The van der Waals surface area contributed by atoms with Gasteiger partial charge in [0.15, 0.2) is 5.13 Å². The Morgan fingerprint density at radius 1 is 1.22 bits per heavy atom.